The van der Waals surface area contributed by atoms with Gasteiger partial charge in [-0.2, -0.15) is 0 Å². The van der Waals surface area contributed by atoms with Gasteiger partial charge in [0, 0.05) is 42.0 Å². The highest BCUT2D eigenvalue weighted by molar-refractivity contribution is 6.07. The Morgan fingerprint density at radius 1 is 1.06 bits per heavy atom. The summed E-state index contributed by atoms with van der Waals surface area (Å²) in [4.78, 5) is 19.5. The molecule has 1 saturated carbocycles. The van der Waals surface area contributed by atoms with E-state index in [1.54, 1.807) is 6.92 Å². The quantitative estimate of drug-likeness (QED) is 0.381. The van der Waals surface area contributed by atoms with Crippen molar-refractivity contribution < 1.29 is 26.7 Å². The molecule has 1 aliphatic rings. The molecule has 0 unspecified atom stereocenters. The van der Waals surface area contributed by atoms with Crippen molar-refractivity contribution in [3.8, 4) is 5.69 Å². The summed E-state index contributed by atoms with van der Waals surface area (Å²) in [5, 5.41) is 10.4. The maximum absolute atomic E-state index is 14.9. The number of nitrogens with zero attached hydrogens (tertiary/aromatic N) is 4. The lowest BCUT2D eigenvalue weighted by Crippen LogP contribution is -2.35. The summed E-state index contributed by atoms with van der Waals surface area (Å²) in [6.07, 6.45) is 3.54. The number of amides is 1. The molecule has 0 radical (unpaired) electrons. The molecule has 0 spiro atoms. The Bertz CT molecular complexity index is 1440. The SMILES string of the molecule is CC1(c2ncc(-n3cc(C(=O)Nc4c[nH]c5cc(F)c(F)cc45)nn3)cc2F)CCC(F)(F)CC1. The number of aromatic amines is 1. The molecule has 0 bridgehead atoms. The van der Waals surface area contributed by atoms with Crippen LogP contribution >= 0.6 is 0 Å². The Balaban J connectivity index is 1.34. The Hall–Kier alpha value is -3.83. The highest BCUT2D eigenvalue weighted by atomic mass is 19.3. The van der Waals surface area contributed by atoms with Gasteiger partial charge in [-0.05, 0) is 18.9 Å². The van der Waals surface area contributed by atoms with Crippen LogP contribution in [-0.2, 0) is 5.41 Å². The van der Waals surface area contributed by atoms with Gasteiger partial charge in [-0.15, -0.1) is 5.10 Å². The van der Waals surface area contributed by atoms with Crippen LogP contribution in [0.25, 0.3) is 16.6 Å². The number of halogens is 5. The summed E-state index contributed by atoms with van der Waals surface area (Å²) >= 11 is 0. The van der Waals surface area contributed by atoms with E-state index >= 15 is 0 Å². The van der Waals surface area contributed by atoms with Crippen LogP contribution in [0.4, 0.5) is 27.6 Å². The first-order valence-corrected chi connectivity index (χ1v) is 10.8. The van der Waals surface area contributed by atoms with Crippen LogP contribution in [0.5, 0.6) is 0 Å². The average molecular weight is 490 g/mol. The molecule has 3 aromatic heterocycles. The number of H-pyrrole nitrogens is 1. The number of carbonyl (C=O) groups excluding carboxylic acids is 1. The van der Waals surface area contributed by atoms with Crippen molar-refractivity contribution in [3.63, 3.8) is 0 Å². The van der Waals surface area contributed by atoms with Crippen molar-refractivity contribution >= 4 is 22.5 Å². The number of rotatable bonds is 4. The van der Waals surface area contributed by atoms with E-state index in [9.17, 15) is 26.7 Å². The van der Waals surface area contributed by atoms with E-state index in [0.717, 1.165) is 22.9 Å². The van der Waals surface area contributed by atoms with E-state index in [-0.39, 0.29) is 53.8 Å². The standard InChI is InChI=1S/C23H19F5N6O/c1-22(2-4-23(27,28)5-3-22)20-16(26)6-12(9-30-20)34-11-19(32-33-34)21(35)31-18-10-29-17-8-15(25)14(24)7-13(17)18/h6-11,29H,2-5H2,1H3,(H,31,35). The number of carbonyl (C=O) groups is 1. The number of alkyl halides is 2. The fourth-order valence-corrected chi connectivity index (χ4v) is 4.30. The van der Waals surface area contributed by atoms with E-state index in [2.05, 4.69) is 25.6 Å². The van der Waals surface area contributed by atoms with Crippen LogP contribution in [0.1, 0.15) is 48.8 Å². The number of hydrogen-bond acceptors (Lipinski definition) is 4. The van der Waals surface area contributed by atoms with Gasteiger partial charge in [0.05, 0.1) is 35.0 Å². The molecule has 0 atom stereocenters. The summed E-state index contributed by atoms with van der Waals surface area (Å²) in [6, 6.07) is 3.09. The second kappa shape index (κ2) is 8.14. The Morgan fingerprint density at radius 3 is 2.49 bits per heavy atom. The van der Waals surface area contributed by atoms with Crippen LogP contribution < -0.4 is 5.32 Å². The zero-order chi connectivity index (χ0) is 25.0. The number of pyridine rings is 1. The van der Waals surface area contributed by atoms with Crippen LogP contribution in [0, 0.1) is 17.5 Å². The average Bonchev–Trinajstić information content (AvgIpc) is 3.44. The minimum absolute atomic E-state index is 0.109. The topological polar surface area (TPSA) is 88.5 Å². The molecule has 0 aliphatic heterocycles. The van der Waals surface area contributed by atoms with Gasteiger partial charge in [0.1, 0.15) is 5.82 Å². The first-order valence-electron chi connectivity index (χ1n) is 10.8. The van der Waals surface area contributed by atoms with E-state index in [1.165, 1.54) is 18.6 Å². The molecular weight excluding hydrogens is 471 g/mol. The molecule has 1 aromatic carbocycles. The summed E-state index contributed by atoms with van der Waals surface area (Å²) in [5.41, 5.74) is -0.126. The predicted octanol–water partition coefficient (Wildman–Crippen LogP) is 5.28. The first-order chi connectivity index (χ1) is 16.5. The first kappa shape index (κ1) is 22.9. The zero-order valence-electron chi connectivity index (χ0n) is 18.4. The summed E-state index contributed by atoms with van der Waals surface area (Å²) in [5.74, 6) is -6.17. The van der Waals surface area contributed by atoms with Crippen molar-refractivity contribution in [2.24, 2.45) is 0 Å². The molecule has 0 saturated heterocycles. The lowest BCUT2D eigenvalue weighted by atomic mass is 9.72. The van der Waals surface area contributed by atoms with Gasteiger partial charge < -0.3 is 10.3 Å². The second-order valence-corrected chi connectivity index (χ2v) is 8.96. The van der Waals surface area contributed by atoms with E-state index in [0.29, 0.717) is 5.52 Å². The van der Waals surface area contributed by atoms with Crippen molar-refractivity contribution in [1.82, 2.24) is 25.0 Å². The maximum Gasteiger partial charge on any atom is 0.277 e. The summed E-state index contributed by atoms with van der Waals surface area (Å²) in [6.45, 7) is 1.72. The van der Waals surface area contributed by atoms with Crippen LogP contribution in [-0.4, -0.2) is 36.8 Å². The van der Waals surface area contributed by atoms with Gasteiger partial charge in [0.15, 0.2) is 17.3 Å². The minimum atomic E-state index is -2.75. The van der Waals surface area contributed by atoms with Crippen molar-refractivity contribution in [2.75, 3.05) is 5.32 Å². The van der Waals surface area contributed by atoms with Crippen LogP contribution in [0.3, 0.4) is 0 Å². The molecule has 182 valence electrons. The third-order valence-corrected chi connectivity index (χ3v) is 6.44. The van der Waals surface area contributed by atoms with Gasteiger partial charge in [-0.25, -0.2) is 26.6 Å². The molecule has 1 fully saturated rings. The normalized spacial score (nSPS) is 17.0. The Kier molecular flexibility index (Phi) is 5.33. The van der Waals surface area contributed by atoms with E-state index in [1.807, 2.05) is 0 Å². The van der Waals surface area contributed by atoms with Gasteiger partial charge in [-0.1, -0.05) is 12.1 Å². The lowest BCUT2D eigenvalue weighted by Gasteiger charge is -2.36. The number of aromatic nitrogens is 5. The molecule has 1 aliphatic carbocycles. The molecule has 7 nitrogen and oxygen atoms in total. The molecule has 2 N–H and O–H groups in total. The van der Waals surface area contributed by atoms with E-state index in [4.69, 9.17) is 0 Å². The molecule has 5 rings (SSSR count). The number of nitrogens with one attached hydrogen (secondary N) is 2. The van der Waals surface area contributed by atoms with E-state index < -0.39 is 34.7 Å². The van der Waals surface area contributed by atoms with Crippen LogP contribution in [0.15, 0.2) is 36.8 Å². The van der Waals surface area contributed by atoms with Gasteiger partial charge >= 0.3 is 0 Å². The Labute approximate surface area is 195 Å². The minimum Gasteiger partial charge on any atom is -0.359 e. The molecule has 1 amide bonds. The maximum atomic E-state index is 14.9. The smallest absolute Gasteiger partial charge is 0.277 e. The highest BCUT2D eigenvalue weighted by Gasteiger charge is 2.43. The van der Waals surface area contributed by atoms with Crippen molar-refractivity contribution in [3.05, 3.63) is 65.6 Å². The largest absolute Gasteiger partial charge is 0.359 e. The number of fused-ring (bicyclic) bond motifs is 1. The molecule has 4 aromatic rings. The zero-order valence-corrected chi connectivity index (χ0v) is 18.4. The van der Waals surface area contributed by atoms with Gasteiger partial charge in [0.25, 0.3) is 5.91 Å². The van der Waals surface area contributed by atoms with Gasteiger partial charge in [0.2, 0.25) is 5.92 Å². The molecular formula is C23H19F5N6O. The summed E-state index contributed by atoms with van der Waals surface area (Å²) in [7, 11) is 0. The fraction of sp³-hybridized carbons (Fsp3) is 0.304. The fourth-order valence-electron chi connectivity index (χ4n) is 4.30. The number of benzene rings is 1. The third kappa shape index (κ3) is 4.24. The van der Waals surface area contributed by atoms with Crippen molar-refractivity contribution in [2.45, 2.75) is 43.9 Å². The molecule has 12 heteroatoms. The number of anilines is 1. The van der Waals surface area contributed by atoms with Crippen LogP contribution in [0.2, 0.25) is 0 Å². The Morgan fingerprint density at radius 2 is 1.77 bits per heavy atom. The third-order valence-electron chi connectivity index (χ3n) is 6.44. The predicted molar refractivity (Wildman–Crippen MR) is 116 cm³/mol. The lowest BCUT2D eigenvalue weighted by molar-refractivity contribution is -0.0506. The molecule has 35 heavy (non-hydrogen) atoms. The molecule has 3 heterocycles. The van der Waals surface area contributed by atoms with Crippen molar-refractivity contribution in [1.29, 1.82) is 0 Å². The second-order valence-electron chi connectivity index (χ2n) is 8.96. The van der Waals surface area contributed by atoms with Gasteiger partial charge in [-0.3, -0.25) is 9.78 Å². The monoisotopic (exact) mass is 490 g/mol. The summed E-state index contributed by atoms with van der Waals surface area (Å²) < 4.78 is 70.2. The number of hydrogen-bond donors (Lipinski definition) is 2. The highest BCUT2D eigenvalue weighted by Crippen LogP contribution is 2.45.